The van der Waals surface area contributed by atoms with Crippen LogP contribution >= 0.6 is 11.3 Å². The fraction of sp³-hybridized carbons (Fsp3) is 0.111. The van der Waals surface area contributed by atoms with E-state index < -0.39 is 0 Å². The molecular formula is C18H14N2O5S. The van der Waals surface area contributed by atoms with Crippen LogP contribution < -0.4 is 20.1 Å². The monoisotopic (exact) mass is 370 g/mol. The smallest absolute Gasteiger partial charge is 0.319 e. The van der Waals surface area contributed by atoms with Gasteiger partial charge in [0.15, 0.2) is 17.3 Å². The third kappa shape index (κ3) is 3.40. The second-order valence-electron chi connectivity index (χ2n) is 5.45. The fourth-order valence-corrected chi connectivity index (χ4v) is 3.33. The Hall–Kier alpha value is -3.26. The van der Waals surface area contributed by atoms with E-state index in [9.17, 15) is 9.59 Å². The molecule has 132 valence electrons. The van der Waals surface area contributed by atoms with Gasteiger partial charge in [-0.2, -0.15) is 0 Å². The lowest BCUT2D eigenvalue weighted by Crippen LogP contribution is -2.27. The molecule has 0 atom stereocenters. The molecule has 1 aliphatic heterocycles. The van der Waals surface area contributed by atoms with Crippen LogP contribution in [0.1, 0.15) is 20.3 Å². The van der Waals surface area contributed by atoms with Gasteiger partial charge >= 0.3 is 6.03 Å². The summed E-state index contributed by atoms with van der Waals surface area (Å²) < 4.78 is 15.6. The maximum atomic E-state index is 12.2. The topological polar surface area (TPSA) is 89.8 Å². The number of carbonyl (C=O) groups excluding carboxylic acids is 2. The van der Waals surface area contributed by atoms with E-state index in [1.165, 1.54) is 17.6 Å². The molecule has 26 heavy (non-hydrogen) atoms. The summed E-state index contributed by atoms with van der Waals surface area (Å²) in [5, 5.41) is 5.49. The lowest BCUT2D eigenvalue weighted by atomic mass is 10.2. The van der Waals surface area contributed by atoms with Crippen LogP contribution in [0, 0.1) is 0 Å². The number of rotatable bonds is 5. The third-order valence-corrected chi connectivity index (χ3v) is 4.77. The average Bonchev–Trinajstić information content (AvgIpc) is 3.40. The molecular weight excluding hydrogens is 356 g/mol. The van der Waals surface area contributed by atoms with E-state index in [0.29, 0.717) is 34.4 Å². The zero-order chi connectivity index (χ0) is 17.9. The molecule has 1 aromatic carbocycles. The van der Waals surface area contributed by atoms with Gasteiger partial charge in [-0.15, -0.1) is 11.3 Å². The lowest BCUT2D eigenvalue weighted by Gasteiger charge is -2.07. The molecule has 0 saturated heterocycles. The van der Waals surface area contributed by atoms with E-state index in [1.807, 2.05) is 6.07 Å². The van der Waals surface area contributed by atoms with Crippen molar-refractivity contribution in [2.24, 2.45) is 0 Å². The zero-order valence-electron chi connectivity index (χ0n) is 13.5. The molecule has 2 amide bonds. The SMILES string of the molecule is O=C(NCc1ccc(C(=O)c2ccco2)s1)Nc1ccc2c(c1)OCO2. The van der Waals surface area contributed by atoms with Crippen LogP contribution in [-0.4, -0.2) is 18.6 Å². The van der Waals surface area contributed by atoms with Gasteiger partial charge in [0.1, 0.15) is 0 Å². The number of amides is 2. The molecule has 0 spiro atoms. The van der Waals surface area contributed by atoms with Crippen molar-refractivity contribution in [2.75, 3.05) is 12.1 Å². The summed E-state index contributed by atoms with van der Waals surface area (Å²) in [5.74, 6) is 1.38. The Bertz CT molecular complexity index is 948. The van der Waals surface area contributed by atoms with E-state index in [-0.39, 0.29) is 18.6 Å². The van der Waals surface area contributed by atoms with Crippen molar-refractivity contribution >= 4 is 28.8 Å². The molecule has 0 unspecified atom stereocenters. The Kier molecular flexibility index (Phi) is 4.32. The molecule has 2 aromatic heterocycles. The standard InChI is InChI=1S/C18H14N2O5S/c21-17(14-2-1-7-23-14)16-6-4-12(26-16)9-19-18(22)20-11-3-5-13-15(8-11)25-10-24-13/h1-8H,9-10H2,(H2,19,20,22). The normalized spacial score (nSPS) is 12.0. The Labute approximate surface area is 152 Å². The maximum Gasteiger partial charge on any atom is 0.319 e. The average molecular weight is 370 g/mol. The minimum absolute atomic E-state index is 0.170. The first-order chi connectivity index (χ1) is 12.7. The van der Waals surface area contributed by atoms with E-state index in [0.717, 1.165) is 4.88 Å². The summed E-state index contributed by atoms with van der Waals surface area (Å²) in [6.45, 7) is 0.495. The molecule has 7 nitrogen and oxygen atoms in total. The van der Waals surface area contributed by atoms with Crippen LogP contribution in [-0.2, 0) is 6.54 Å². The number of hydrogen-bond acceptors (Lipinski definition) is 6. The number of ether oxygens (including phenoxy) is 2. The summed E-state index contributed by atoms with van der Waals surface area (Å²) in [5.41, 5.74) is 0.603. The highest BCUT2D eigenvalue weighted by atomic mass is 32.1. The number of fused-ring (bicyclic) bond motifs is 1. The number of carbonyl (C=O) groups is 2. The van der Waals surface area contributed by atoms with Crippen LogP contribution in [0.25, 0.3) is 0 Å². The van der Waals surface area contributed by atoms with Crippen molar-refractivity contribution in [3.63, 3.8) is 0 Å². The number of anilines is 1. The number of thiophene rings is 1. The van der Waals surface area contributed by atoms with E-state index in [2.05, 4.69) is 10.6 Å². The van der Waals surface area contributed by atoms with E-state index >= 15 is 0 Å². The molecule has 0 radical (unpaired) electrons. The molecule has 3 heterocycles. The predicted molar refractivity (Wildman–Crippen MR) is 94.9 cm³/mol. The molecule has 0 fully saturated rings. The van der Waals surface area contributed by atoms with Crippen molar-refractivity contribution < 1.29 is 23.5 Å². The molecule has 3 aromatic rings. The highest BCUT2D eigenvalue weighted by Gasteiger charge is 2.16. The zero-order valence-corrected chi connectivity index (χ0v) is 14.3. The maximum absolute atomic E-state index is 12.2. The second-order valence-corrected chi connectivity index (χ2v) is 6.62. The highest BCUT2D eigenvalue weighted by Crippen LogP contribution is 2.34. The molecule has 0 bridgehead atoms. The van der Waals surface area contributed by atoms with Crippen molar-refractivity contribution in [1.82, 2.24) is 5.32 Å². The summed E-state index contributed by atoms with van der Waals surface area (Å²) in [6.07, 6.45) is 1.46. The van der Waals surface area contributed by atoms with Crippen molar-refractivity contribution in [3.8, 4) is 11.5 Å². The van der Waals surface area contributed by atoms with Crippen LogP contribution in [0.15, 0.2) is 53.1 Å². The number of furan rings is 1. The van der Waals surface area contributed by atoms with Gasteiger partial charge in [-0.1, -0.05) is 0 Å². The number of nitrogens with one attached hydrogen (secondary N) is 2. The molecule has 4 rings (SSSR count). The van der Waals surface area contributed by atoms with Crippen molar-refractivity contribution in [2.45, 2.75) is 6.54 Å². The minimum Gasteiger partial charge on any atom is -0.461 e. The lowest BCUT2D eigenvalue weighted by molar-refractivity contribution is 0.101. The van der Waals surface area contributed by atoms with Gasteiger partial charge in [-0.25, -0.2) is 4.79 Å². The highest BCUT2D eigenvalue weighted by molar-refractivity contribution is 7.14. The van der Waals surface area contributed by atoms with E-state index in [1.54, 1.807) is 36.4 Å². The van der Waals surface area contributed by atoms with Crippen LogP contribution in [0.5, 0.6) is 11.5 Å². The summed E-state index contributed by atoms with van der Waals surface area (Å²) >= 11 is 1.32. The molecule has 8 heteroatoms. The number of ketones is 1. The van der Waals surface area contributed by atoms with Gasteiger partial charge in [-0.3, -0.25) is 4.79 Å². The van der Waals surface area contributed by atoms with Gasteiger partial charge in [0.2, 0.25) is 12.6 Å². The predicted octanol–water partition coefficient (Wildman–Crippen LogP) is 3.62. The van der Waals surface area contributed by atoms with Crippen molar-refractivity contribution in [3.05, 3.63) is 64.2 Å². The number of benzene rings is 1. The fourth-order valence-electron chi connectivity index (χ4n) is 2.44. The summed E-state index contributed by atoms with van der Waals surface area (Å²) in [4.78, 5) is 25.7. The van der Waals surface area contributed by atoms with Gasteiger partial charge in [0, 0.05) is 16.6 Å². The Morgan fingerprint density at radius 3 is 2.81 bits per heavy atom. The Morgan fingerprint density at radius 2 is 1.96 bits per heavy atom. The first-order valence-electron chi connectivity index (χ1n) is 7.80. The van der Waals surface area contributed by atoms with Gasteiger partial charge in [0.05, 0.1) is 17.7 Å². The summed E-state index contributed by atoms with van der Waals surface area (Å²) in [7, 11) is 0. The van der Waals surface area contributed by atoms with Crippen LogP contribution in [0.4, 0.5) is 10.5 Å². The van der Waals surface area contributed by atoms with Gasteiger partial charge < -0.3 is 24.5 Å². The van der Waals surface area contributed by atoms with Crippen LogP contribution in [0.2, 0.25) is 0 Å². The largest absolute Gasteiger partial charge is 0.461 e. The first-order valence-corrected chi connectivity index (χ1v) is 8.62. The Morgan fingerprint density at radius 1 is 1.08 bits per heavy atom. The first kappa shape index (κ1) is 16.2. The quantitative estimate of drug-likeness (QED) is 0.670. The number of hydrogen-bond donors (Lipinski definition) is 2. The molecule has 0 saturated carbocycles. The number of urea groups is 1. The third-order valence-electron chi connectivity index (χ3n) is 3.68. The van der Waals surface area contributed by atoms with Gasteiger partial charge in [-0.05, 0) is 36.4 Å². The van der Waals surface area contributed by atoms with Gasteiger partial charge in [0.25, 0.3) is 0 Å². The molecule has 1 aliphatic rings. The molecule has 2 N–H and O–H groups in total. The second kappa shape index (κ2) is 6.93. The minimum atomic E-state index is -0.351. The Balaban J connectivity index is 1.33. The summed E-state index contributed by atoms with van der Waals surface area (Å²) in [6, 6.07) is 11.7. The molecule has 0 aliphatic carbocycles. The van der Waals surface area contributed by atoms with Crippen molar-refractivity contribution in [1.29, 1.82) is 0 Å². The van der Waals surface area contributed by atoms with Crippen LogP contribution in [0.3, 0.4) is 0 Å². The van der Waals surface area contributed by atoms with E-state index in [4.69, 9.17) is 13.9 Å².